The van der Waals surface area contributed by atoms with Gasteiger partial charge in [-0.05, 0) is 13.3 Å². The van der Waals surface area contributed by atoms with E-state index in [1.807, 2.05) is 6.92 Å². The fraction of sp³-hybridized carbons (Fsp3) is 0.889. The van der Waals surface area contributed by atoms with Crippen LogP contribution in [0.15, 0.2) is 0 Å². The van der Waals surface area contributed by atoms with Crippen LogP contribution in [0.1, 0.15) is 13.3 Å². The van der Waals surface area contributed by atoms with E-state index in [4.69, 9.17) is 0 Å². The normalized spacial score (nSPS) is 38.4. The van der Waals surface area contributed by atoms with Gasteiger partial charge in [0.25, 0.3) is 0 Å². The molecule has 2 amide bonds. The first kappa shape index (κ1) is 9.71. The van der Waals surface area contributed by atoms with Crippen molar-refractivity contribution in [2.45, 2.75) is 31.6 Å². The molecule has 5 heteroatoms. The molecule has 0 spiro atoms. The first-order chi connectivity index (χ1) is 6.65. The van der Waals surface area contributed by atoms with Crippen molar-refractivity contribution < 1.29 is 9.18 Å². The van der Waals surface area contributed by atoms with E-state index in [1.54, 1.807) is 0 Å². The van der Waals surface area contributed by atoms with Crippen LogP contribution in [-0.4, -0.2) is 48.8 Å². The lowest BCUT2D eigenvalue weighted by atomic mass is 10.1. The number of halogens is 1. The van der Waals surface area contributed by atoms with E-state index < -0.39 is 6.17 Å². The molecule has 0 radical (unpaired) electrons. The largest absolute Gasteiger partial charge is 0.334 e. The van der Waals surface area contributed by atoms with E-state index in [9.17, 15) is 9.18 Å². The van der Waals surface area contributed by atoms with Crippen molar-refractivity contribution >= 4 is 6.03 Å². The lowest BCUT2D eigenvalue weighted by molar-refractivity contribution is 0.243. The molecule has 2 saturated heterocycles. The highest BCUT2D eigenvalue weighted by Crippen LogP contribution is 2.14. The van der Waals surface area contributed by atoms with E-state index in [2.05, 4.69) is 15.5 Å². The van der Waals surface area contributed by atoms with Gasteiger partial charge < -0.3 is 10.6 Å². The number of hydrogen-bond donors (Lipinski definition) is 2. The Hall–Kier alpha value is -0.840. The second-order valence-corrected chi connectivity index (χ2v) is 4.16. The van der Waals surface area contributed by atoms with Crippen LogP contribution in [0.2, 0.25) is 0 Å². The van der Waals surface area contributed by atoms with E-state index in [1.165, 1.54) is 0 Å². The fourth-order valence-corrected chi connectivity index (χ4v) is 2.08. The number of hydrogen-bond acceptors (Lipinski definition) is 2. The minimum atomic E-state index is -0.685. The Morgan fingerprint density at radius 1 is 1.57 bits per heavy atom. The van der Waals surface area contributed by atoms with Crippen LogP contribution in [0, 0.1) is 0 Å². The first-order valence-corrected chi connectivity index (χ1v) is 5.08. The first-order valence-electron chi connectivity index (χ1n) is 5.08. The number of nitrogens with one attached hydrogen (secondary N) is 2. The molecule has 0 saturated carbocycles. The van der Waals surface area contributed by atoms with Crippen LogP contribution < -0.4 is 10.6 Å². The van der Waals surface area contributed by atoms with Gasteiger partial charge >= 0.3 is 6.03 Å². The maximum atomic E-state index is 12.9. The smallest absolute Gasteiger partial charge is 0.315 e. The summed E-state index contributed by atoms with van der Waals surface area (Å²) in [5, 5.41) is 5.61. The molecule has 0 aromatic rings. The third-order valence-corrected chi connectivity index (χ3v) is 2.95. The monoisotopic (exact) mass is 201 g/mol. The van der Waals surface area contributed by atoms with Crippen LogP contribution >= 0.6 is 0 Å². The second kappa shape index (κ2) is 3.73. The molecule has 2 fully saturated rings. The molecule has 0 bridgehead atoms. The number of carbonyl (C=O) groups excluding carboxylic acids is 1. The average Bonchev–Trinajstić information content (AvgIpc) is 2.61. The summed E-state index contributed by atoms with van der Waals surface area (Å²) in [6.45, 7) is 4.03. The molecule has 2 aliphatic rings. The van der Waals surface area contributed by atoms with Gasteiger partial charge in [0.15, 0.2) is 0 Å². The lowest BCUT2D eigenvalue weighted by Crippen LogP contribution is -2.42. The molecule has 2 heterocycles. The van der Waals surface area contributed by atoms with Gasteiger partial charge in [0.05, 0.1) is 6.04 Å². The van der Waals surface area contributed by atoms with E-state index in [0.29, 0.717) is 13.0 Å². The Bertz CT molecular complexity index is 236. The van der Waals surface area contributed by atoms with Crippen molar-refractivity contribution in [2.75, 3.05) is 19.6 Å². The van der Waals surface area contributed by atoms with Gasteiger partial charge in [-0.15, -0.1) is 0 Å². The van der Waals surface area contributed by atoms with E-state index in [-0.39, 0.29) is 18.1 Å². The number of alkyl halides is 1. The molecule has 4 nitrogen and oxygen atoms in total. The number of amides is 2. The van der Waals surface area contributed by atoms with Crippen molar-refractivity contribution in [3.8, 4) is 0 Å². The molecular weight excluding hydrogens is 185 g/mol. The van der Waals surface area contributed by atoms with Crippen molar-refractivity contribution in [3.05, 3.63) is 0 Å². The zero-order valence-electron chi connectivity index (χ0n) is 8.29. The summed E-state index contributed by atoms with van der Waals surface area (Å²) in [5.41, 5.74) is 0. The van der Waals surface area contributed by atoms with Crippen LogP contribution in [0.4, 0.5) is 9.18 Å². The summed E-state index contributed by atoms with van der Waals surface area (Å²) in [7, 11) is 0. The lowest BCUT2D eigenvalue weighted by Gasteiger charge is -2.21. The maximum absolute atomic E-state index is 12.9. The van der Waals surface area contributed by atoms with Gasteiger partial charge in [0.1, 0.15) is 6.17 Å². The number of carbonyl (C=O) groups is 1. The maximum Gasteiger partial charge on any atom is 0.315 e. The minimum absolute atomic E-state index is 0.113. The van der Waals surface area contributed by atoms with Gasteiger partial charge in [-0.3, -0.25) is 4.90 Å². The number of nitrogens with zero attached hydrogens (tertiary/aromatic N) is 1. The molecule has 14 heavy (non-hydrogen) atoms. The molecule has 2 aliphatic heterocycles. The third-order valence-electron chi connectivity index (χ3n) is 2.95. The van der Waals surface area contributed by atoms with E-state index >= 15 is 0 Å². The molecule has 2 rings (SSSR count). The van der Waals surface area contributed by atoms with Gasteiger partial charge in [0.2, 0.25) is 0 Å². The summed E-state index contributed by atoms with van der Waals surface area (Å²) < 4.78 is 12.9. The van der Waals surface area contributed by atoms with Crippen molar-refractivity contribution in [2.24, 2.45) is 0 Å². The SMILES string of the molecule is CC1NC(=O)NC1CN1CC[C@H](F)C1. The Kier molecular flexibility index (Phi) is 2.58. The molecule has 3 atom stereocenters. The predicted molar refractivity (Wildman–Crippen MR) is 50.9 cm³/mol. The minimum Gasteiger partial charge on any atom is -0.334 e. The van der Waals surface area contributed by atoms with Crippen LogP contribution in [0.25, 0.3) is 0 Å². The topological polar surface area (TPSA) is 44.4 Å². The molecule has 2 unspecified atom stereocenters. The van der Waals surface area contributed by atoms with Crippen molar-refractivity contribution in [1.29, 1.82) is 0 Å². The highest BCUT2D eigenvalue weighted by Gasteiger charge is 2.31. The number of rotatable bonds is 2. The van der Waals surface area contributed by atoms with Crippen LogP contribution in [-0.2, 0) is 0 Å². The predicted octanol–water partition coefficient (Wildman–Crippen LogP) is 0.100. The van der Waals surface area contributed by atoms with Gasteiger partial charge in [-0.1, -0.05) is 0 Å². The van der Waals surface area contributed by atoms with Crippen LogP contribution in [0.3, 0.4) is 0 Å². The number of likely N-dealkylation sites (tertiary alicyclic amines) is 1. The summed E-state index contributed by atoms with van der Waals surface area (Å²) >= 11 is 0. The summed E-state index contributed by atoms with van der Waals surface area (Å²) in [4.78, 5) is 13.1. The van der Waals surface area contributed by atoms with Gasteiger partial charge in [-0.25, -0.2) is 9.18 Å². The quantitative estimate of drug-likeness (QED) is 0.665. The molecule has 2 N–H and O–H groups in total. The Labute approximate surface area is 82.8 Å². The Morgan fingerprint density at radius 2 is 2.36 bits per heavy atom. The molecule has 0 aromatic heterocycles. The Balaban J connectivity index is 1.83. The van der Waals surface area contributed by atoms with Crippen molar-refractivity contribution in [1.82, 2.24) is 15.5 Å². The number of urea groups is 1. The van der Waals surface area contributed by atoms with Gasteiger partial charge in [-0.2, -0.15) is 0 Å². The third kappa shape index (κ3) is 1.97. The zero-order chi connectivity index (χ0) is 10.1. The standard InChI is InChI=1S/C9H16FN3O/c1-6-8(12-9(14)11-6)5-13-3-2-7(10)4-13/h6-8H,2-5H2,1H3,(H2,11,12,14)/t6?,7-,8?/m0/s1. The Morgan fingerprint density at radius 3 is 2.86 bits per heavy atom. The van der Waals surface area contributed by atoms with Gasteiger partial charge in [0, 0.05) is 25.7 Å². The van der Waals surface area contributed by atoms with Crippen LogP contribution in [0.5, 0.6) is 0 Å². The second-order valence-electron chi connectivity index (χ2n) is 4.16. The highest BCUT2D eigenvalue weighted by atomic mass is 19.1. The van der Waals surface area contributed by atoms with Crippen molar-refractivity contribution in [3.63, 3.8) is 0 Å². The summed E-state index contributed by atoms with van der Waals surface area (Å²) in [6, 6.07) is 0.146. The molecular formula is C9H16FN3O. The molecule has 0 aliphatic carbocycles. The molecule has 0 aromatic carbocycles. The zero-order valence-corrected chi connectivity index (χ0v) is 8.29. The van der Waals surface area contributed by atoms with E-state index in [0.717, 1.165) is 13.1 Å². The average molecular weight is 201 g/mol. The summed E-state index contributed by atoms with van der Waals surface area (Å²) in [6.07, 6.45) is -0.0574. The summed E-state index contributed by atoms with van der Waals surface area (Å²) in [5.74, 6) is 0. The highest BCUT2D eigenvalue weighted by molar-refractivity contribution is 5.77. The fourth-order valence-electron chi connectivity index (χ4n) is 2.08. The molecule has 80 valence electrons.